The number of ether oxygens (including phenoxy) is 1. The number of aryl methyl sites for hydroxylation is 1. The largest absolute Gasteiger partial charge is 0.383 e. The second-order valence-corrected chi connectivity index (χ2v) is 6.43. The molecule has 7 heteroatoms. The lowest BCUT2D eigenvalue weighted by Gasteiger charge is -2.23. The topological polar surface area (TPSA) is 63.9 Å². The molecule has 0 radical (unpaired) electrons. The van der Waals surface area contributed by atoms with Crippen molar-refractivity contribution in [3.05, 3.63) is 33.2 Å². The van der Waals surface area contributed by atoms with Gasteiger partial charge in [-0.1, -0.05) is 0 Å². The summed E-state index contributed by atoms with van der Waals surface area (Å²) in [7, 11) is 1.62. The van der Waals surface area contributed by atoms with Crippen LogP contribution in [0.2, 0.25) is 0 Å². The van der Waals surface area contributed by atoms with Crippen molar-refractivity contribution in [3.63, 3.8) is 0 Å². The summed E-state index contributed by atoms with van der Waals surface area (Å²) in [4.78, 5) is 32.6. The molecule has 3 rings (SSSR count). The highest BCUT2D eigenvalue weighted by atomic mass is 32.1. The van der Waals surface area contributed by atoms with E-state index in [9.17, 15) is 9.59 Å². The standard InChI is InChI=1S/C14H17N3O3S/c1-9-7-17-13(19)11(6-15-14(17)21-9)12(18)16-5-3-4-10(16)8-20-2/h6-7,10H,3-5,8H2,1-2H3. The monoisotopic (exact) mass is 307 g/mol. The molecule has 6 nitrogen and oxygen atoms in total. The second kappa shape index (κ2) is 5.57. The lowest BCUT2D eigenvalue weighted by molar-refractivity contribution is 0.0628. The van der Waals surface area contributed by atoms with Gasteiger partial charge in [-0.25, -0.2) is 4.98 Å². The predicted octanol–water partition coefficient (Wildman–Crippen LogP) is 1.32. The van der Waals surface area contributed by atoms with Gasteiger partial charge in [0.25, 0.3) is 11.5 Å². The van der Waals surface area contributed by atoms with Gasteiger partial charge >= 0.3 is 0 Å². The molecule has 1 unspecified atom stereocenters. The Kier molecular flexibility index (Phi) is 3.77. The number of carbonyl (C=O) groups excluding carboxylic acids is 1. The maximum atomic E-state index is 12.6. The minimum Gasteiger partial charge on any atom is -0.383 e. The fourth-order valence-electron chi connectivity index (χ4n) is 2.77. The average Bonchev–Trinajstić information content (AvgIpc) is 3.05. The Labute approximate surface area is 126 Å². The van der Waals surface area contributed by atoms with Gasteiger partial charge in [0.2, 0.25) is 0 Å². The molecule has 0 N–H and O–H groups in total. The van der Waals surface area contributed by atoms with Gasteiger partial charge in [-0.3, -0.25) is 14.0 Å². The lowest BCUT2D eigenvalue weighted by atomic mass is 10.2. The molecule has 112 valence electrons. The average molecular weight is 307 g/mol. The number of hydrogen-bond acceptors (Lipinski definition) is 5. The molecular formula is C14H17N3O3S. The van der Waals surface area contributed by atoms with Crippen molar-refractivity contribution in [1.82, 2.24) is 14.3 Å². The normalized spacial score (nSPS) is 18.6. The lowest BCUT2D eigenvalue weighted by Crippen LogP contribution is -2.40. The van der Waals surface area contributed by atoms with Crippen LogP contribution >= 0.6 is 11.3 Å². The number of methoxy groups -OCH3 is 1. The van der Waals surface area contributed by atoms with Crippen LogP contribution in [0.3, 0.4) is 0 Å². The first-order chi connectivity index (χ1) is 10.1. The Morgan fingerprint density at radius 2 is 2.38 bits per heavy atom. The van der Waals surface area contributed by atoms with Crippen molar-refractivity contribution < 1.29 is 9.53 Å². The zero-order chi connectivity index (χ0) is 15.0. The van der Waals surface area contributed by atoms with Gasteiger partial charge in [0, 0.05) is 30.9 Å². The molecule has 0 saturated carbocycles. The van der Waals surface area contributed by atoms with Gasteiger partial charge in [0.15, 0.2) is 4.96 Å². The smallest absolute Gasteiger partial charge is 0.271 e. The first-order valence-corrected chi connectivity index (χ1v) is 7.71. The van der Waals surface area contributed by atoms with Gasteiger partial charge in [0.1, 0.15) is 5.56 Å². The molecule has 3 heterocycles. The number of thiazole rings is 1. The first kappa shape index (κ1) is 14.2. The van der Waals surface area contributed by atoms with Gasteiger partial charge in [-0.15, -0.1) is 11.3 Å². The van der Waals surface area contributed by atoms with E-state index in [1.807, 2.05) is 6.92 Å². The fraction of sp³-hybridized carbons (Fsp3) is 0.500. The number of aromatic nitrogens is 2. The van der Waals surface area contributed by atoms with E-state index in [-0.39, 0.29) is 23.1 Å². The summed E-state index contributed by atoms with van der Waals surface area (Å²) >= 11 is 1.43. The molecule has 0 bridgehead atoms. The Morgan fingerprint density at radius 1 is 1.57 bits per heavy atom. The van der Waals surface area contributed by atoms with E-state index < -0.39 is 0 Å². The number of carbonyl (C=O) groups is 1. The summed E-state index contributed by atoms with van der Waals surface area (Å²) in [6.07, 6.45) is 4.98. The van der Waals surface area contributed by atoms with Crippen molar-refractivity contribution >= 4 is 22.2 Å². The van der Waals surface area contributed by atoms with Crippen LogP contribution in [0.5, 0.6) is 0 Å². The van der Waals surface area contributed by atoms with Gasteiger partial charge < -0.3 is 9.64 Å². The van der Waals surface area contributed by atoms with Gasteiger partial charge in [0.05, 0.1) is 12.6 Å². The summed E-state index contributed by atoms with van der Waals surface area (Å²) in [5, 5.41) is 0. The van der Waals surface area contributed by atoms with E-state index in [2.05, 4.69) is 4.98 Å². The molecule has 1 aliphatic rings. The van der Waals surface area contributed by atoms with Crippen LogP contribution in [0.1, 0.15) is 28.1 Å². The number of likely N-dealkylation sites (tertiary alicyclic amines) is 1. The van der Waals surface area contributed by atoms with Crippen LogP contribution in [-0.4, -0.2) is 46.5 Å². The van der Waals surface area contributed by atoms with E-state index in [4.69, 9.17) is 4.74 Å². The second-order valence-electron chi connectivity index (χ2n) is 5.22. The SMILES string of the molecule is COCC1CCCN1C(=O)c1cnc2sc(C)cn2c1=O. The molecule has 1 atom stereocenters. The summed E-state index contributed by atoms with van der Waals surface area (Å²) in [6, 6.07) is 0.0480. The molecule has 2 aromatic heterocycles. The quantitative estimate of drug-likeness (QED) is 0.858. The number of nitrogens with zero attached hydrogens (tertiary/aromatic N) is 3. The molecule has 0 aromatic carbocycles. The third-order valence-electron chi connectivity index (χ3n) is 3.75. The molecule has 2 aromatic rings. The zero-order valence-corrected chi connectivity index (χ0v) is 12.9. The van der Waals surface area contributed by atoms with E-state index in [0.29, 0.717) is 18.1 Å². The number of rotatable bonds is 3. The molecule has 1 saturated heterocycles. The van der Waals surface area contributed by atoms with Crippen LogP contribution < -0.4 is 5.56 Å². The third kappa shape index (κ3) is 2.47. The van der Waals surface area contributed by atoms with Crippen molar-refractivity contribution in [2.75, 3.05) is 20.3 Å². The van der Waals surface area contributed by atoms with Crippen LogP contribution in [0, 0.1) is 6.92 Å². The minimum absolute atomic E-state index is 0.0480. The summed E-state index contributed by atoms with van der Waals surface area (Å²) in [5.74, 6) is -0.245. The molecule has 0 aliphatic carbocycles. The van der Waals surface area contributed by atoms with Crippen LogP contribution in [0.15, 0.2) is 17.2 Å². The molecule has 1 amide bonds. The fourth-order valence-corrected chi connectivity index (χ4v) is 3.55. The molecule has 1 aliphatic heterocycles. The van der Waals surface area contributed by atoms with E-state index >= 15 is 0 Å². The number of hydrogen-bond donors (Lipinski definition) is 0. The molecule has 21 heavy (non-hydrogen) atoms. The molecule has 0 spiro atoms. The first-order valence-electron chi connectivity index (χ1n) is 6.89. The van der Waals surface area contributed by atoms with Gasteiger partial charge in [-0.05, 0) is 19.8 Å². The van der Waals surface area contributed by atoms with E-state index in [1.54, 1.807) is 18.2 Å². The highest BCUT2D eigenvalue weighted by Crippen LogP contribution is 2.20. The maximum Gasteiger partial charge on any atom is 0.271 e. The van der Waals surface area contributed by atoms with E-state index in [1.165, 1.54) is 21.9 Å². The van der Waals surface area contributed by atoms with Crippen LogP contribution in [-0.2, 0) is 4.74 Å². The Bertz CT molecular complexity index is 737. The third-order valence-corrected chi connectivity index (χ3v) is 4.66. The van der Waals surface area contributed by atoms with Crippen molar-refractivity contribution in [2.45, 2.75) is 25.8 Å². The highest BCUT2D eigenvalue weighted by molar-refractivity contribution is 7.16. The van der Waals surface area contributed by atoms with Crippen molar-refractivity contribution in [2.24, 2.45) is 0 Å². The molecule has 1 fully saturated rings. The van der Waals surface area contributed by atoms with Crippen molar-refractivity contribution in [1.29, 1.82) is 0 Å². The van der Waals surface area contributed by atoms with Crippen molar-refractivity contribution in [3.8, 4) is 0 Å². The minimum atomic E-state index is -0.294. The van der Waals surface area contributed by atoms with Gasteiger partial charge in [-0.2, -0.15) is 0 Å². The number of fused-ring (bicyclic) bond motifs is 1. The Morgan fingerprint density at radius 3 is 3.14 bits per heavy atom. The maximum absolute atomic E-state index is 12.6. The van der Waals surface area contributed by atoms with Crippen LogP contribution in [0.4, 0.5) is 0 Å². The Hall–Kier alpha value is -1.73. The number of amides is 1. The van der Waals surface area contributed by atoms with E-state index in [0.717, 1.165) is 17.7 Å². The summed E-state index contributed by atoms with van der Waals surface area (Å²) in [5.41, 5.74) is -0.161. The molecular weight excluding hydrogens is 290 g/mol. The zero-order valence-electron chi connectivity index (χ0n) is 12.0. The summed E-state index contributed by atoms with van der Waals surface area (Å²) in [6.45, 7) is 3.08. The summed E-state index contributed by atoms with van der Waals surface area (Å²) < 4.78 is 6.61. The predicted molar refractivity (Wildman–Crippen MR) is 80.0 cm³/mol. The van der Waals surface area contributed by atoms with Crippen LogP contribution in [0.25, 0.3) is 4.96 Å². The highest BCUT2D eigenvalue weighted by Gasteiger charge is 2.31. The Balaban J connectivity index is 1.98.